The van der Waals surface area contributed by atoms with Crippen molar-refractivity contribution < 1.29 is 14.3 Å². The lowest BCUT2D eigenvalue weighted by atomic mass is 9.90. The van der Waals surface area contributed by atoms with Crippen LogP contribution in [0.15, 0.2) is 24.3 Å². The molecule has 1 aromatic carbocycles. The summed E-state index contributed by atoms with van der Waals surface area (Å²) in [5, 5.41) is 5.73. The fraction of sp³-hybridized carbons (Fsp3) is 0.600. The van der Waals surface area contributed by atoms with Gasteiger partial charge in [0.05, 0.1) is 24.5 Å². The number of amides is 2. The van der Waals surface area contributed by atoms with E-state index in [4.69, 9.17) is 10.5 Å². The molecule has 1 saturated heterocycles. The summed E-state index contributed by atoms with van der Waals surface area (Å²) in [5.74, 6) is -0.262. The molecule has 0 atom stereocenters. The molecule has 2 amide bonds. The maximum Gasteiger partial charge on any atom is 0.253 e. The molecule has 1 heterocycles. The zero-order chi connectivity index (χ0) is 19.1. The van der Waals surface area contributed by atoms with Crippen LogP contribution in [0.5, 0.6) is 0 Å². The van der Waals surface area contributed by atoms with Crippen LogP contribution in [0.2, 0.25) is 0 Å². The highest BCUT2D eigenvalue weighted by Crippen LogP contribution is 2.38. The second-order valence-corrected chi connectivity index (χ2v) is 7.35. The Hall–Kier alpha value is -1.38. The molecular weight excluding hydrogens is 415 g/mol. The number of hydrogen-bond acceptors (Lipinski definition) is 5. The first-order valence-corrected chi connectivity index (χ1v) is 9.85. The molecule has 0 bridgehead atoms. The van der Waals surface area contributed by atoms with Gasteiger partial charge in [-0.25, -0.2) is 0 Å². The zero-order valence-corrected chi connectivity index (χ0v) is 18.3. The van der Waals surface area contributed by atoms with Crippen LogP contribution in [0.4, 0.5) is 5.69 Å². The van der Waals surface area contributed by atoms with Crippen LogP contribution in [0.25, 0.3) is 0 Å². The number of carbonyl (C=O) groups excluding carboxylic acids is 2. The van der Waals surface area contributed by atoms with Crippen molar-refractivity contribution in [1.29, 1.82) is 0 Å². The summed E-state index contributed by atoms with van der Waals surface area (Å²) in [6.07, 6.45) is 4.84. The molecule has 3 rings (SSSR count). The van der Waals surface area contributed by atoms with Crippen LogP contribution in [-0.4, -0.2) is 61.6 Å². The predicted octanol–water partition coefficient (Wildman–Crippen LogP) is 2.19. The number of hydrogen-bond donors (Lipinski definition) is 3. The maximum absolute atomic E-state index is 12.9. The van der Waals surface area contributed by atoms with Gasteiger partial charge in [-0.2, -0.15) is 0 Å². The third-order valence-corrected chi connectivity index (χ3v) is 5.58. The Bertz CT molecular complexity index is 663. The summed E-state index contributed by atoms with van der Waals surface area (Å²) < 4.78 is 5.48. The van der Waals surface area contributed by atoms with E-state index in [0.29, 0.717) is 30.8 Å². The third kappa shape index (κ3) is 6.55. The first-order valence-electron chi connectivity index (χ1n) is 9.85. The lowest BCUT2D eigenvalue weighted by molar-refractivity contribution is -0.120. The van der Waals surface area contributed by atoms with Crippen molar-refractivity contribution >= 4 is 42.3 Å². The van der Waals surface area contributed by atoms with Gasteiger partial charge in [-0.1, -0.05) is 25.0 Å². The number of halogens is 2. The van der Waals surface area contributed by atoms with E-state index in [0.717, 1.165) is 52.0 Å². The maximum atomic E-state index is 12.9. The quantitative estimate of drug-likeness (QED) is 0.596. The van der Waals surface area contributed by atoms with Crippen molar-refractivity contribution in [2.24, 2.45) is 5.73 Å². The molecule has 0 unspecified atom stereocenters. The Labute approximate surface area is 184 Å². The van der Waals surface area contributed by atoms with E-state index in [1.807, 2.05) is 6.07 Å². The van der Waals surface area contributed by atoms with Crippen LogP contribution in [0.1, 0.15) is 42.5 Å². The Morgan fingerprint density at radius 1 is 1.10 bits per heavy atom. The molecule has 0 aromatic heterocycles. The van der Waals surface area contributed by atoms with Crippen LogP contribution < -0.4 is 16.4 Å². The van der Waals surface area contributed by atoms with Crippen molar-refractivity contribution in [3.8, 4) is 0 Å². The van der Waals surface area contributed by atoms with E-state index in [9.17, 15) is 9.59 Å². The van der Waals surface area contributed by atoms with Crippen molar-refractivity contribution in [3.63, 3.8) is 0 Å². The molecule has 2 fully saturated rings. The second-order valence-electron chi connectivity index (χ2n) is 7.35. The van der Waals surface area contributed by atoms with E-state index in [2.05, 4.69) is 15.5 Å². The molecule has 0 radical (unpaired) electrons. The van der Waals surface area contributed by atoms with Crippen molar-refractivity contribution in [1.82, 2.24) is 10.2 Å². The minimum atomic E-state index is -0.222. The molecule has 7 nitrogen and oxygen atoms in total. The van der Waals surface area contributed by atoms with Gasteiger partial charge in [0, 0.05) is 38.1 Å². The second kappa shape index (κ2) is 12.3. The van der Waals surface area contributed by atoms with Gasteiger partial charge in [0.1, 0.15) is 0 Å². The lowest BCUT2D eigenvalue weighted by Crippen LogP contribution is -2.53. The van der Waals surface area contributed by atoms with E-state index in [-0.39, 0.29) is 42.2 Å². The molecule has 4 N–H and O–H groups in total. The number of anilines is 1. The molecule has 29 heavy (non-hydrogen) atoms. The van der Waals surface area contributed by atoms with Crippen LogP contribution in [0.3, 0.4) is 0 Å². The van der Waals surface area contributed by atoms with Gasteiger partial charge < -0.3 is 21.1 Å². The van der Waals surface area contributed by atoms with Crippen LogP contribution >= 0.6 is 24.8 Å². The van der Waals surface area contributed by atoms with Gasteiger partial charge in [-0.15, -0.1) is 24.8 Å². The Kier molecular flexibility index (Phi) is 10.9. The fourth-order valence-electron chi connectivity index (χ4n) is 4.24. The van der Waals surface area contributed by atoms with E-state index < -0.39 is 0 Å². The fourth-order valence-corrected chi connectivity index (χ4v) is 4.24. The van der Waals surface area contributed by atoms with Gasteiger partial charge >= 0.3 is 0 Å². The topological polar surface area (TPSA) is 96.7 Å². The molecule has 1 aliphatic heterocycles. The molecule has 1 aromatic rings. The molecule has 2 aliphatic rings. The summed E-state index contributed by atoms with van der Waals surface area (Å²) in [5.41, 5.74) is 6.39. The highest BCUT2D eigenvalue weighted by molar-refractivity contribution is 6.03. The smallest absolute Gasteiger partial charge is 0.253 e. The number of para-hydroxylation sites is 1. The van der Waals surface area contributed by atoms with E-state index in [1.165, 1.54) is 0 Å². The minimum absolute atomic E-state index is 0. The highest BCUT2D eigenvalue weighted by atomic mass is 35.5. The molecule has 0 spiro atoms. The monoisotopic (exact) mass is 446 g/mol. The number of benzene rings is 1. The largest absolute Gasteiger partial charge is 0.379 e. The van der Waals surface area contributed by atoms with Gasteiger partial charge in [0.15, 0.2) is 0 Å². The molecule has 1 aliphatic carbocycles. The number of rotatable bonds is 7. The third-order valence-electron chi connectivity index (χ3n) is 5.58. The summed E-state index contributed by atoms with van der Waals surface area (Å²) in [4.78, 5) is 27.6. The van der Waals surface area contributed by atoms with Crippen molar-refractivity contribution in [2.75, 3.05) is 44.7 Å². The van der Waals surface area contributed by atoms with Gasteiger partial charge in [0.2, 0.25) is 5.91 Å². The van der Waals surface area contributed by atoms with Gasteiger partial charge in [-0.3, -0.25) is 14.5 Å². The molecule has 1 saturated carbocycles. The zero-order valence-electron chi connectivity index (χ0n) is 16.7. The summed E-state index contributed by atoms with van der Waals surface area (Å²) >= 11 is 0. The lowest BCUT2D eigenvalue weighted by Gasteiger charge is -2.43. The Balaban J connectivity index is 0.00000210. The first-order chi connectivity index (χ1) is 13.1. The van der Waals surface area contributed by atoms with Crippen molar-refractivity contribution in [3.05, 3.63) is 29.8 Å². The van der Waals surface area contributed by atoms with Gasteiger partial charge in [0.25, 0.3) is 5.91 Å². The first kappa shape index (κ1) is 25.7. The van der Waals surface area contributed by atoms with E-state index >= 15 is 0 Å². The normalized spacial score (nSPS) is 18.2. The number of ether oxygens (including phenoxy) is 1. The molecule has 164 valence electrons. The number of nitrogens with two attached hydrogens (primary N) is 1. The van der Waals surface area contributed by atoms with Crippen molar-refractivity contribution in [2.45, 2.75) is 37.6 Å². The van der Waals surface area contributed by atoms with E-state index in [1.54, 1.807) is 18.2 Å². The average Bonchev–Trinajstić information content (AvgIpc) is 3.16. The summed E-state index contributed by atoms with van der Waals surface area (Å²) in [7, 11) is 0. The summed E-state index contributed by atoms with van der Waals surface area (Å²) in [6.45, 7) is 4.00. The number of nitrogens with one attached hydrogen (secondary N) is 2. The number of nitrogens with zero attached hydrogens (tertiary/aromatic N) is 1. The standard InChI is InChI=1S/C20H30N4O3.2ClH/c21-9-10-22-19(26)16-5-1-2-6-17(16)23-18(25)15-20(7-3-4-8-20)24-11-13-27-14-12-24;;/h1-2,5-6H,3-4,7-15,21H2,(H,22,26)(H,23,25);2*1H. The van der Waals surface area contributed by atoms with Crippen LogP contribution in [-0.2, 0) is 9.53 Å². The average molecular weight is 447 g/mol. The summed E-state index contributed by atoms with van der Waals surface area (Å²) in [6, 6.07) is 7.10. The number of morpholine rings is 1. The Morgan fingerprint density at radius 3 is 2.41 bits per heavy atom. The molecule has 9 heteroatoms. The highest BCUT2D eigenvalue weighted by Gasteiger charge is 2.41. The van der Waals surface area contributed by atoms with Crippen LogP contribution in [0, 0.1) is 0 Å². The predicted molar refractivity (Wildman–Crippen MR) is 119 cm³/mol. The Morgan fingerprint density at radius 2 is 1.76 bits per heavy atom. The molecular formula is C20H32Cl2N4O3. The minimum Gasteiger partial charge on any atom is -0.379 e. The van der Waals surface area contributed by atoms with Gasteiger partial charge in [-0.05, 0) is 25.0 Å². The SMILES string of the molecule is Cl.Cl.NCCNC(=O)c1ccccc1NC(=O)CC1(N2CCOCC2)CCCC1. The number of carbonyl (C=O) groups is 2.